The summed E-state index contributed by atoms with van der Waals surface area (Å²) in [6.45, 7) is 12.3. The van der Waals surface area contributed by atoms with Crippen molar-refractivity contribution in [1.29, 1.82) is 0 Å². The van der Waals surface area contributed by atoms with E-state index in [2.05, 4.69) is 5.32 Å². The molecule has 17 nitrogen and oxygen atoms in total. The van der Waals surface area contributed by atoms with Gasteiger partial charge in [0.15, 0.2) is 17.5 Å². The Morgan fingerprint density at radius 3 is 2.08 bits per heavy atom. The molecule has 1 aliphatic heterocycles. The number of Topliss-reactive ketones (excluding diaryl/α,β-unsaturated/α-hetero) is 1. The van der Waals surface area contributed by atoms with Crippen molar-refractivity contribution in [3.8, 4) is 0 Å². The Morgan fingerprint density at radius 2 is 1.55 bits per heavy atom. The zero-order valence-electron chi connectivity index (χ0n) is 38.2. The van der Waals surface area contributed by atoms with Crippen LogP contribution in [0.2, 0.25) is 0 Å². The van der Waals surface area contributed by atoms with E-state index in [9.17, 15) is 34.2 Å². The minimum atomic E-state index is -2.33. The van der Waals surface area contributed by atoms with E-state index < -0.39 is 119 Å². The minimum Gasteiger partial charge on any atom is -0.456 e. The number of benzene rings is 2. The number of methoxy groups -OCH3 is 1. The molecule has 2 amide bonds. The molecule has 0 unspecified atom stereocenters. The van der Waals surface area contributed by atoms with Crippen molar-refractivity contribution in [3.05, 3.63) is 82.9 Å². The molecular weight excluding hydrogens is 833 g/mol. The Bertz CT molecular complexity index is 2170. The summed E-state index contributed by atoms with van der Waals surface area (Å²) in [6.07, 6.45) is -11.5. The van der Waals surface area contributed by atoms with E-state index in [0.29, 0.717) is 5.56 Å². The highest BCUT2D eigenvalue weighted by molar-refractivity contribution is 5.94. The quantitative estimate of drug-likeness (QED) is 0.168. The first-order chi connectivity index (χ1) is 29.8. The summed E-state index contributed by atoms with van der Waals surface area (Å²) in [5.41, 5.74) is -7.62. The van der Waals surface area contributed by atoms with Gasteiger partial charge in [-0.1, -0.05) is 62.4 Å². The van der Waals surface area contributed by atoms with Crippen LogP contribution in [0.3, 0.4) is 0 Å². The number of esters is 3. The Balaban J connectivity index is 1.55. The predicted octanol–water partition coefficient (Wildman–Crippen LogP) is 4.62. The summed E-state index contributed by atoms with van der Waals surface area (Å²) in [7, 11) is 4.22. The lowest BCUT2D eigenvalue weighted by Crippen LogP contribution is -2.82. The molecule has 2 aromatic rings. The van der Waals surface area contributed by atoms with Crippen LogP contribution in [0.15, 0.2) is 71.8 Å². The molecule has 2 aromatic carbocycles. The third-order valence-electron chi connectivity index (χ3n) is 13.4. The lowest BCUT2D eigenvalue weighted by atomic mass is 9.44. The first-order valence-electron chi connectivity index (χ1n) is 21.2. The van der Waals surface area contributed by atoms with Gasteiger partial charge in [-0.15, -0.1) is 0 Å². The molecule has 0 radical (unpaired) electrons. The highest BCUT2D eigenvalue weighted by Gasteiger charge is 2.79. The van der Waals surface area contributed by atoms with Crippen LogP contribution in [0, 0.1) is 16.7 Å². The van der Waals surface area contributed by atoms with E-state index in [4.69, 9.17) is 33.2 Å². The highest BCUT2D eigenvalue weighted by Crippen LogP contribution is 2.65. The van der Waals surface area contributed by atoms with Gasteiger partial charge in [-0.25, -0.2) is 19.2 Å². The van der Waals surface area contributed by atoms with Gasteiger partial charge in [0.25, 0.3) is 0 Å². The van der Waals surface area contributed by atoms with Gasteiger partial charge in [0.2, 0.25) is 0 Å². The smallest absolute Gasteiger partial charge is 0.409 e. The van der Waals surface area contributed by atoms with Crippen LogP contribution in [-0.2, 0) is 47.5 Å². The van der Waals surface area contributed by atoms with Crippen molar-refractivity contribution in [2.45, 2.75) is 128 Å². The van der Waals surface area contributed by atoms with Crippen molar-refractivity contribution in [1.82, 2.24) is 10.2 Å². The summed E-state index contributed by atoms with van der Waals surface area (Å²) >= 11 is 0. The molecule has 3 fully saturated rings. The molecule has 11 atom stereocenters. The van der Waals surface area contributed by atoms with Gasteiger partial charge in [-0.05, 0) is 63.5 Å². The molecule has 64 heavy (non-hydrogen) atoms. The number of hydrogen-bond acceptors (Lipinski definition) is 15. The van der Waals surface area contributed by atoms with Crippen LogP contribution < -0.4 is 5.32 Å². The van der Waals surface area contributed by atoms with E-state index in [1.807, 2.05) is 0 Å². The van der Waals surface area contributed by atoms with E-state index in [1.54, 1.807) is 90.1 Å². The fourth-order valence-electron chi connectivity index (χ4n) is 10.1. The summed E-state index contributed by atoms with van der Waals surface area (Å²) in [4.78, 5) is 85.4. The van der Waals surface area contributed by atoms with Gasteiger partial charge in [0.05, 0.1) is 29.5 Å². The molecule has 0 spiro atoms. The first kappa shape index (κ1) is 48.1. The van der Waals surface area contributed by atoms with Crippen LogP contribution in [0.4, 0.5) is 9.59 Å². The number of aliphatic hydroxyl groups excluding tert-OH is 1. The molecule has 3 N–H and O–H groups in total. The number of nitrogens with one attached hydrogen (secondary N) is 1. The van der Waals surface area contributed by atoms with Gasteiger partial charge >= 0.3 is 30.1 Å². The standard InChI is InChI=1S/C47H60N2O15/c1-25-29(60-40(54)34(51)33(27-18-14-12-15-19-27)48-41(55)64-43(3,4)5)23-47(57)38(62-39(53)28-20-16-13-17-21-28)36-45(8,37(52)35(58-11)32(25)44(47,6)7)30(61-42(56)49(9)10)22-31-46(36,24-59-31)63-26(2)50/h12-21,29-31,33-36,38,51,57H,22-24H2,1-11H3,(H,48,55)/t29-,30-,31+,33-,34+,35+,36-,38-,45+,46-,47+/m0/s1. The molecule has 1 heterocycles. The maximum atomic E-state index is 15.8. The molecule has 1 saturated heterocycles. The lowest BCUT2D eigenvalue weighted by Gasteiger charge is -2.67. The number of alkyl carbamates (subject to hydrolysis) is 1. The van der Waals surface area contributed by atoms with E-state index in [1.165, 1.54) is 52.1 Å². The average Bonchev–Trinajstić information content (AvgIpc) is 3.22. The zero-order chi connectivity index (χ0) is 47.3. The topological polar surface area (TPSA) is 223 Å². The van der Waals surface area contributed by atoms with E-state index in [-0.39, 0.29) is 29.7 Å². The Labute approximate surface area is 372 Å². The number of aliphatic hydroxyl groups is 2. The third-order valence-corrected chi connectivity index (χ3v) is 13.4. The fraction of sp³-hybridized carbons (Fsp3) is 0.574. The van der Waals surface area contributed by atoms with Crippen molar-refractivity contribution < 1.29 is 72.1 Å². The molecule has 2 saturated carbocycles. The Kier molecular flexibility index (Phi) is 13.2. The van der Waals surface area contributed by atoms with Gasteiger partial charge in [-0.2, -0.15) is 0 Å². The molecule has 2 bridgehead atoms. The number of fused-ring (bicyclic) bond motifs is 5. The first-order valence-corrected chi connectivity index (χ1v) is 21.2. The van der Waals surface area contributed by atoms with Crippen molar-refractivity contribution >= 4 is 35.9 Å². The maximum absolute atomic E-state index is 15.8. The second-order valence-corrected chi connectivity index (χ2v) is 19.0. The normalized spacial score (nSPS) is 31.5. The van der Waals surface area contributed by atoms with Gasteiger partial charge in [0.1, 0.15) is 41.7 Å². The number of hydrogen-bond donors (Lipinski definition) is 3. The van der Waals surface area contributed by atoms with E-state index in [0.717, 1.165) is 0 Å². The van der Waals surface area contributed by atoms with Crippen LogP contribution >= 0.6 is 0 Å². The second kappa shape index (κ2) is 17.6. The molecule has 348 valence electrons. The number of amides is 2. The van der Waals surface area contributed by atoms with Crippen LogP contribution in [0.25, 0.3) is 0 Å². The Hall–Kier alpha value is -5.36. The number of nitrogens with zero attached hydrogens (tertiary/aromatic N) is 1. The largest absolute Gasteiger partial charge is 0.456 e. The third kappa shape index (κ3) is 8.38. The number of rotatable bonds is 10. The summed E-state index contributed by atoms with van der Waals surface area (Å²) < 4.78 is 42.5. The van der Waals surface area contributed by atoms with Crippen molar-refractivity contribution in [3.63, 3.8) is 0 Å². The van der Waals surface area contributed by atoms with Crippen LogP contribution in [0.1, 0.15) is 90.2 Å². The molecule has 0 aromatic heterocycles. The summed E-state index contributed by atoms with van der Waals surface area (Å²) in [5.74, 6) is -5.05. The SMILES string of the molecule is CO[C@H]1C(=O)[C@]2(C)[C@@H](OC(=O)N(C)C)C[C@H]3OC[C@@]3(OC(C)=O)[C@H]2[C@H](OC(=O)c2ccccc2)[C@]2(O)C[C@H](OC(=O)[C@H](O)[C@@H](NC(=O)OC(C)(C)C)c3ccccc3)C(C)=C1C2(C)C. The molecular formula is C47H60N2O15. The van der Waals surface area contributed by atoms with Gasteiger partial charge in [-0.3, -0.25) is 9.59 Å². The van der Waals surface area contributed by atoms with E-state index >= 15 is 4.79 Å². The lowest BCUT2D eigenvalue weighted by molar-refractivity contribution is -0.345. The number of carbonyl (C=O) groups is 6. The monoisotopic (exact) mass is 892 g/mol. The van der Waals surface area contributed by atoms with Gasteiger partial charge in [0, 0.05) is 46.4 Å². The molecule has 6 rings (SSSR count). The second-order valence-electron chi connectivity index (χ2n) is 19.0. The molecule has 4 aliphatic rings. The average molecular weight is 893 g/mol. The maximum Gasteiger partial charge on any atom is 0.409 e. The summed E-state index contributed by atoms with van der Waals surface area (Å²) in [5, 5.41) is 28.1. The fourth-order valence-corrected chi connectivity index (χ4v) is 10.1. The predicted molar refractivity (Wildman–Crippen MR) is 226 cm³/mol. The zero-order valence-corrected chi connectivity index (χ0v) is 38.2. The van der Waals surface area contributed by atoms with Crippen molar-refractivity contribution in [2.24, 2.45) is 16.7 Å². The number of ether oxygens (including phenoxy) is 7. The van der Waals surface area contributed by atoms with Crippen LogP contribution in [-0.4, -0.2) is 132 Å². The minimum absolute atomic E-state index is 0.0846. The summed E-state index contributed by atoms with van der Waals surface area (Å²) in [6, 6.07) is 14.8. The molecule has 3 aliphatic carbocycles. The number of ketones is 1. The number of carbonyl (C=O) groups excluding carboxylic acids is 6. The van der Waals surface area contributed by atoms with Gasteiger partial charge < -0.3 is 53.6 Å². The highest BCUT2D eigenvalue weighted by atomic mass is 16.6. The molecule has 17 heteroatoms. The van der Waals surface area contributed by atoms with Crippen LogP contribution in [0.5, 0.6) is 0 Å². The van der Waals surface area contributed by atoms with Crippen molar-refractivity contribution in [2.75, 3.05) is 27.8 Å². The Morgan fingerprint density at radius 1 is 0.938 bits per heavy atom.